The molecule has 0 spiro atoms. The van der Waals surface area contributed by atoms with Crippen LogP contribution in [0.5, 0.6) is 11.7 Å². The molecule has 3 aromatic rings. The van der Waals surface area contributed by atoms with E-state index in [-0.39, 0.29) is 4.99 Å². The average molecular weight is 269 g/mol. The van der Waals surface area contributed by atoms with Gasteiger partial charge in [0.15, 0.2) is 5.76 Å². The van der Waals surface area contributed by atoms with Crippen LogP contribution in [0.25, 0.3) is 10.8 Å². The third kappa shape index (κ3) is 2.44. The van der Waals surface area contributed by atoms with Crippen molar-refractivity contribution in [2.24, 2.45) is 5.73 Å². The van der Waals surface area contributed by atoms with E-state index in [4.69, 9.17) is 27.1 Å². The van der Waals surface area contributed by atoms with Crippen LogP contribution in [0, 0.1) is 0 Å². The second-order valence-corrected chi connectivity index (χ2v) is 4.53. The molecule has 4 heteroatoms. The second kappa shape index (κ2) is 4.74. The number of ether oxygens (including phenoxy) is 1. The van der Waals surface area contributed by atoms with Gasteiger partial charge in [-0.05, 0) is 29.0 Å². The molecule has 19 heavy (non-hydrogen) atoms. The van der Waals surface area contributed by atoms with Crippen molar-refractivity contribution in [1.82, 2.24) is 0 Å². The van der Waals surface area contributed by atoms with Crippen molar-refractivity contribution in [2.45, 2.75) is 0 Å². The summed E-state index contributed by atoms with van der Waals surface area (Å²) in [4.78, 5) is 0.216. The van der Waals surface area contributed by atoms with Crippen LogP contribution in [-0.4, -0.2) is 4.99 Å². The van der Waals surface area contributed by atoms with Gasteiger partial charge in [-0.1, -0.05) is 42.5 Å². The fraction of sp³-hybridized carbons (Fsp3) is 0. The molecule has 0 saturated heterocycles. The Morgan fingerprint density at radius 3 is 2.53 bits per heavy atom. The predicted octanol–water partition coefficient (Wildman–Crippen LogP) is 3.86. The molecule has 2 N–H and O–H groups in total. The molecule has 3 rings (SSSR count). The van der Waals surface area contributed by atoms with Gasteiger partial charge in [-0.15, -0.1) is 0 Å². The van der Waals surface area contributed by atoms with Gasteiger partial charge in [0.05, 0.1) is 0 Å². The van der Waals surface area contributed by atoms with Gasteiger partial charge in [0, 0.05) is 6.07 Å². The van der Waals surface area contributed by atoms with Crippen LogP contribution in [0.4, 0.5) is 0 Å². The third-order valence-corrected chi connectivity index (χ3v) is 2.96. The summed E-state index contributed by atoms with van der Waals surface area (Å²) in [7, 11) is 0. The molecular weight excluding hydrogens is 258 g/mol. The van der Waals surface area contributed by atoms with Crippen LogP contribution in [-0.2, 0) is 0 Å². The lowest BCUT2D eigenvalue weighted by Gasteiger charge is -2.03. The number of hydrogen-bond donors (Lipinski definition) is 1. The quantitative estimate of drug-likeness (QED) is 0.733. The van der Waals surface area contributed by atoms with Crippen molar-refractivity contribution >= 4 is 28.0 Å². The molecule has 0 bridgehead atoms. The van der Waals surface area contributed by atoms with Gasteiger partial charge in [-0.25, -0.2) is 0 Å². The Morgan fingerprint density at radius 1 is 1.00 bits per heavy atom. The molecule has 94 valence electrons. The molecule has 0 amide bonds. The summed E-state index contributed by atoms with van der Waals surface area (Å²) in [5.74, 6) is 1.53. The minimum absolute atomic E-state index is 0.216. The lowest BCUT2D eigenvalue weighted by molar-refractivity contribution is 0.345. The maximum atomic E-state index is 5.64. The van der Waals surface area contributed by atoms with E-state index in [0.717, 1.165) is 10.8 Å². The minimum atomic E-state index is 0.216. The van der Waals surface area contributed by atoms with Crippen molar-refractivity contribution in [2.75, 3.05) is 0 Å². The first-order valence-corrected chi connectivity index (χ1v) is 6.19. The second-order valence-electron chi connectivity index (χ2n) is 4.09. The van der Waals surface area contributed by atoms with Crippen molar-refractivity contribution in [3.05, 3.63) is 60.4 Å². The largest absolute Gasteiger partial charge is 0.426 e. The summed E-state index contributed by atoms with van der Waals surface area (Å²) < 4.78 is 11.0. The predicted molar refractivity (Wildman–Crippen MR) is 78.6 cm³/mol. The van der Waals surface area contributed by atoms with Crippen LogP contribution in [0.2, 0.25) is 0 Å². The SMILES string of the molecule is NC(=S)c1ccc(Oc2ccc3ccccc3c2)o1. The first-order valence-electron chi connectivity index (χ1n) is 5.79. The molecule has 0 aliphatic carbocycles. The maximum absolute atomic E-state index is 5.64. The highest BCUT2D eigenvalue weighted by atomic mass is 32.1. The van der Waals surface area contributed by atoms with Crippen LogP contribution in [0.3, 0.4) is 0 Å². The maximum Gasteiger partial charge on any atom is 0.290 e. The Hall–Kier alpha value is -2.33. The monoisotopic (exact) mass is 269 g/mol. The molecule has 0 aliphatic heterocycles. The van der Waals surface area contributed by atoms with Gasteiger partial charge in [0.25, 0.3) is 5.95 Å². The molecule has 0 radical (unpaired) electrons. The Bertz CT molecular complexity index is 748. The average Bonchev–Trinajstić information content (AvgIpc) is 2.87. The zero-order valence-electron chi connectivity index (χ0n) is 10.00. The fourth-order valence-corrected chi connectivity index (χ4v) is 1.96. The standard InChI is InChI=1S/C15H11NO2S/c16-15(19)13-7-8-14(18-13)17-12-6-5-10-3-1-2-4-11(10)9-12/h1-9H,(H2,16,19). The molecule has 0 atom stereocenters. The van der Waals surface area contributed by atoms with Gasteiger partial charge >= 0.3 is 0 Å². The highest BCUT2D eigenvalue weighted by Crippen LogP contribution is 2.26. The zero-order chi connectivity index (χ0) is 13.2. The Morgan fingerprint density at radius 2 is 1.79 bits per heavy atom. The molecule has 0 aliphatic rings. The van der Waals surface area contributed by atoms with Crippen LogP contribution in [0.1, 0.15) is 5.76 Å². The van der Waals surface area contributed by atoms with Gasteiger partial charge < -0.3 is 14.9 Å². The Labute approximate surface area is 115 Å². The molecule has 1 heterocycles. The summed E-state index contributed by atoms with van der Waals surface area (Å²) in [6, 6.07) is 17.3. The minimum Gasteiger partial charge on any atom is -0.426 e. The van der Waals surface area contributed by atoms with E-state index in [1.807, 2.05) is 36.4 Å². The fourth-order valence-electron chi connectivity index (χ4n) is 1.85. The van der Waals surface area contributed by atoms with Crippen molar-refractivity contribution in [1.29, 1.82) is 0 Å². The summed E-state index contributed by atoms with van der Waals surface area (Å²) in [5.41, 5.74) is 5.48. The summed E-state index contributed by atoms with van der Waals surface area (Å²) in [6.07, 6.45) is 0. The summed E-state index contributed by atoms with van der Waals surface area (Å²) in [6.45, 7) is 0. The molecule has 0 saturated carbocycles. The Kier molecular flexibility index (Phi) is 2.93. The number of furan rings is 1. The van der Waals surface area contributed by atoms with E-state index in [1.54, 1.807) is 12.1 Å². The van der Waals surface area contributed by atoms with E-state index in [1.165, 1.54) is 0 Å². The summed E-state index contributed by atoms with van der Waals surface area (Å²) >= 11 is 4.83. The molecule has 1 aromatic heterocycles. The molecule has 3 nitrogen and oxygen atoms in total. The number of thiocarbonyl (C=S) groups is 1. The third-order valence-electron chi connectivity index (χ3n) is 2.76. The van der Waals surface area contributed by atoms with Crippen LogP contribution >= 0.6 is 12.2 Å². The van der Waals surface area contributed by atoms with Crippen LogP contribution in [0.15, 0.2) is 59.0 Å². The normalized spacial score (nSPS) is 10.5. The number of fused-ring (bicyclic) bond motifs is 1. The number of benzene rings is 2. The zero-order valence-corrected chi connectivity index (χ0v) is 10.8. The van der Waals surface area contributed by atoms with E-state index in [2.05, 4.69) is 6.07 Å². The van der Waals surface area contributed by atoms with E-state index in [0.29, 0.717) is 17.5 Å². The molecular formula is C15H11NO2S. The van der Waals surface area contributed by atoms with Crippen molar-refractivity contribution in [3.8, 4) is 11.7 Å². The first-order chi connectivity index (χ1) is 9.22. The van der Waals surface area contributed by atoms with E-state index < -0.39 is 0 Å². The highest BCUT2D eigenvalue weighted by molar-refractivity contribution is 7.80. The van der Waals surface area contributed by atoms with Crippen molar-refractivity contribution < 1.29 is 9.15 Å². The van der Waals surface area contributed by atoms with E-state index >= 15 is 0 Å². The highest BCUT2D eigenvalue weighted by Gasteiger charge is 2.06. The lowest BCUT2D eigenvalue weighted by Crippen LogP contribution is -2.07. The van der Waals surface area contributed by atoms with Crippen LogP contribution < -0.4 is 10.5 Å². The first kappa shape index (κ1) is 11.7. The van der Waals surface area contributed by atoms with Gasteiger partial charge in [-0.2, -0.15) is 0 Å². The molecule has 0 fully saturated rings. The molecule has 0 unspecified atom stereocenters. The van der Waals surface area contributed by atoms with Gasteiger partial charge in [0.2, 0.25) is 0 Å². The smallest absolute Gasteiger partial charge is 0.290 e. The van der Waals surface area contributed by atoms with E-state index in [9.17, 15) is 0 Å². The number of hydrogen-bond acceptors (Lipinski definition) is 3. The van der Waals surface area contributed by atoms with Crippen molar-refractivity contribution in [3.63, 3.8) is 0 Å². The van der Waals surface area contributed by atoms with Gasteiger partial charge in [-0.3, -0.25) is 0 Å². The number of rotatable bonds is 3. The molecule has 2 aromatic carbocycles. The topological polar surface area (TPSA) is 48.4 Å². The lowest BCUT2D eigenvalue weighted by atomic mass is 10.1. The Balaban J connectivity index is 1.89. The summed E-state index contributed by atoms with van der Waals surface area (Å²) in [5, 5.41) is 2.28. The van der Waals surface area contributed by atoms with Gasteiger partial charge in [0.1, 0.15) is 10.7 Å². The number of nitrogens with two attached hydrogens (primary N) is 1.